The van der Waals surface area contributed by atoms with E-state index in [0.717, 1.165) is 36.1 Å². The molecule has 0 saturated heterocycles. The van der Waals surface area contributed by atoms with E-state index in [1.807, 2.05) is 42.5 Å². The van der Waals surface area contributed by atoms with Gasteiger partial charge in [-0.2, -0.15) is 5.10 Å². The van der Waals surface area contributed by atoms with Gasteiger partial charge in [-0.05, 0) is 48.4 Å². The summed E-state index contributed by atoms with van der Waals surface area (Å²) in [5.74, 6) is 1.40. The van der Waals surface area contributed by atoms with E-state index in [1.165, 1.54) is 0 Å². The summed E-state index contributed by atoms with van der Waals surface area (Å²) in [6, 6.07) is 18.1. The van der Waals surface area contributed by atoms with E-state index in [0.29, 0.717) is 35.9 Å². The first-order chi connectivity index (χ1) is 16.7. The van der Waals surface area contributed by atoms with Crippen LogP contribution in [0.3, 0.4) is 0 Å². The summed E-state index contributed by atoms with van der Waals surface area (Å²) in [4.78, 5) is 15.2. The molecule has 174 valence electrons. The Hall–Kier alpha value is -4.00. The number of nitrogens with zero attached hydrogens (tertiary/aromatic N) is 2. The molecule has 0 radical (unpaired) electrons. The number of phenolic OH excluding ortho intramolecular Hbond substituents is 1. The summed E-state index contributed by atoms with van der Waals surface area (Å²) in [5.41, 5.74) is 3.20. The molecule has 0 aliphatic carbocycles. The fourth-order valence-corrected chi connectivity index (χ4v) is 4.47. The zero-order chi connectivity index (χ0) is 23.5. The molecule has 2 aromatic carbocycles. The van der Waals surface area contributed by atoms with Gasteiger partial charge in [-0.15, -0.1) is 0 Å². The molecule has 5 rings (SSSR count). The number of aromatic amines is 1. The van der Waals surface area contributed by atoms with Crippen molar-refractivity contribution in [2.24, 2.45) is 0 Å². The second kappa shape index (κ2) is 9.47. The van der Waals surface area contributed by atoms with Gasteiger partial charge in [0.15, 0.2) is 0 Å². The third kappa shape index (κ3) is 4.05. The maximum absolute atomic E-state index is 13.5. The van der Waals surface area contributed by atoms with Crippen molar-refractivity contribution in [3.05, 3.63) is 89.5 Å². The Kier molecular flexibility index (Phi) is 6.08. The van der Waals surface area contributed by atoms with E-state index in [9.17, 15) is 9.90 Å². The molecular weight excluding hydrogens is 430 g/mol. The number of carbonyl (C=O) groups excluding carboxylic acids is 1. The number of carbonyl (C=O) groups is 1. The number of fused-ring (bicyclic) bond motifs is 1. The smallest absolute Gasteiger partial charge is 0.273 e. The van der Waals surface area contributed by atoms with Crippen molar-refractivity contribution in [3.8, 4) is 22.8 Å². The number of hydrogen-bond acceptors (Lipinski definition) is 5. The van der Waals surface area contributed by atoms with Gasteiger partial charge in [-0.25, -0.2) is 0 Å². The summed E-state index contributed by atoms with van der Waals surface area (Å²) in [6.45, 7) is 3.12. The molecule has 34 heavy (non-hydrogen) atoms. The van der Waals surface area contributed by atoms with Gasteiger partial charge in [0.05, 0.1) is 25.5 Å². The molecule has 1 aliphatic heterocycles. The predicted molar refractivity (Wildman–Crippen MR) is 128 cm³/mol. The average molecular weight is 458 g/mol. The van der Waals surface area contributed by atoms with Gasteiger partial charge in [0, 0.05) is 11.1 Å². The molecule has 4 aromatic rings. The maximum Gasteiger partial charge on any atom is 0.273 e. The Labute approximate surface area is 198 Å². The Morgan fingerprint density at radius 2 is 2.00 bits per heavy atom. The third-order valence-corrected chi connectivity index (χ3v) is 6.12. The Balaban J connectivity index is 1.57. The molecule has 1 atom stereocenters. The Bertz CT molecular complexity index is 1280. The van der Waals surface area contributed by atoms with Crippen molar-refractivity contribution in [2.45, 2.75) is 38.8 Å². The van der Waals surface area contributed by atoms with E-state index in [4.69, 9.17) is 9.15 Å². The molecule has 0 spiro atoms. The standard InChI is InChI=1S/C27H27N3O4/c1-2-3-6-14-33-19-10-7-9-18(16-19)26-23-24(21-12-4-5-13-22(21)31)28-29-25(23)27(32)30(26)17-20-11-8-15-34-20/h4-5,7-13,15-16,26,31H,2-3,6,14,17H2,1H3,(H,28,29). The van der Waals surface area contributed by atoms with E-state index >= 15 is 0 Å². The Morgan fingerprint density at radius 1 is 1.12 bits per heavy atom. The highest BCUT2D eigenvalue weighted by atomic mass is 16.5. The summed E-state index contributed by atoms with van der Waals surface area (Å²) in [6.07, 6.45) is 4.85. The minimum absolute atomic E-state index is 0.112. The van der Waals surface area contributed by atoms with Crippen molar-refractivity contribution in [1.82, 2.24) is 15.1 Å². The first-order valence-electron chi connectivity index (χ1n) is 11.6. The SMILES string of the molecule is CCCCCOc1cccc(C2c3c(-c4ccccc4O)n[nH]c3C(=O)N2Cc2ccco2)c1. The van der Waals surface area contributed by atoms with Gasteiger partial charge in [0.25, 0.3) is 5.91 Å². The van der Waals surface area contributed by atoms with Crippen LogP contribution in [-0.4, -0.2) is 32.7 Å². The van der Waals surface area contributed by atoms with Crippen LogP contribution in [0.5, 0.6) is 11.5 Å². The van der Waals surface area contributed by atoms with Gasteiger partial charge < -0.3 is 19.2 Å². The summed E-state index contributed by atoms with van der Waals surface area (Å²) >= 11 is 0. The first kappa shape index (κ1) is 21.8. The lowest BCUT2D eigenvalue weighted by atomic mass is 9.95. The van der Waals surface area contributed by atoms with Gasteiger partial charge in [0.2, 0.25) is 0 Å². The number of aromatic hydroxyl groups is 1. The van der Waals surface area contributed by atoms with Crippen molar-refractivity contribution in [2.75, 3.05) is 6.61 Å². The maximum atomic E-state index is 13.5. The monoisotopic (exact) mass is 457 g/mol. The molecule has 3 heterocycles. The van der Waals surface area contributed by atoms with Crippen molar-refractivity contribution < 1.29 is 19.1 Å². The molecule has 1 aliphatic rings. The normalized spacial score (nSPS) is 15.0. The molecule has 7 nitrogen and oxygen atoms in total. The van der Waals surface area contributed by atoms with Crippen LogP contribution in [0, 0.1) is 0 Å². The summed E-state index contributed by atoms with van der Waals surface area (Å²) < 4.78 is 11.5. The van der Waals surface area contributed by atoms with Crippen molar-refractivity contribution in [1.29, 1.82) is 0 Å². The van der Waals surface area contributed by atoms with Crippen LogP contribution in [-0.2, 0) is 6.54 Å². The number of H-pyrrole nitrogens is 1. The van der Waals surface area contributed by atoms with Crippen molar-refractivity contribution in [3.63, 3.8) is 0 Å². The van der Waals surface area contributed by atoms with Gasteiger partial charge in [0.1, 0.15) is 28.6 Å². The topological polar surface area (TPSA) is 91.6 Å². The molecule has 2 N–H and O–H groups in total. The molecular formula is C27H27N3O4. The molecule has 0 saturated carbocycles. The number of para-hydroxylation sites is 1. The highest BCUT2D eigenvalue weighted by molar-refractivity contribution is 6.00. The van der Waals surface area contributed by atoms with E-state index in [1.54, 1.807) is 29.4 Å². The number of rotatable bonds is 9. The quantitative estimate of drug-likeness (QED) is 0.315. The number of unbranched alkanes of at least 4 members (excludes halogenated alkanes) is 2. The van der Waals surface area contributed by atoms with Gasteiger partial charge in [-0.1, -0.05) is 44.0 Å². The average Bonchev–Trinajstić information content (AvgIpc) is 3.57. The number of benzene rings is 2. The zero-order valence-corrected chi connectivity index (χ0v) is 19.0. The highest BCUT2D eigenvalue weighted by Gasteiger charge is 2.43. The molecule has 0 bridgehead atoms. The molecule has 1 amide bonds. The molecule has 1 unspecified atom stereocenters. The fourth-order valence-electron chi connectivity index (χ4n) is 4.47. The third-order valence-electron chi connectivity index (χ3n) is 6.12. The first-order valence-corrected chi connectivity index (χ1v) is 11.6. The summed E-state index contributed by atoms with van der Waals surface area (Å²) in [7, 11) is 0. The lowest BCUT2D eigenvalue weighted by Crippen LogP contribution is -2.29. The second-order valence-electron chi connectivity index (χ2n) is 8.42. The van der Waals surface area contributed by atoms with Gasteiger partial charge in [-0.3, -0.25) is 9.89 Å². The van der Waals surface area contributed by atoms with Crippen LogP contribution < -0.4 is 4.74 Å². The van der Waals surface area contributed by atoms with Crippen LogP contribution in [0.1, 0.15) is 59.6 Å². The highest BCUT2D eigenvalue weighted by Crippen LogP contribution is 2.45. The number of amides is 1. The lowest BCUT2D eigenvalue weighted by molar-refractivity contribution is 0.0716. The number of nitrogens with one attached hydrogen (secondary N) is 1. The number of hydrogen-bond donors (Lipinski definition) is 2. The van der Waals surface area contributed by atoms with Crippen LogP contribution >= 0.6 is 0 Å². The van der Waals surface area contributed by atoms with E-state index in [-0.39, 0.29) is 11.7 Å². The van der Waals surface area contributed by atoms with E-state index < -0.39 is 6.04 Å². The van der Waals surface area contributed by atoms with Gasteiger partial charge >= 0.3 is 0 Å². The minimum Gasteiger partial charge on any atom is -0.507 e. The van der Waals surface area contributed by atoms with E-state index in [2.05, 4.69) is 17.1 Å². The zero-order valence-electron chi connectivity index (χ0n) is 19.0. The van der Waals surface area contributed by atoms with Crippen LogP contribution in [0.4, 0.5) is 0 Å². The number of ether oxygens (including phenoxy) is 1. The van der Waals surface area contributed by atoms with Crippen LogP contribution in [0.2, 0.25) is 0 Å². The number of furan rings is 1. The molecule has 7 heteroatoms. The largest absolute Gasteiger partial charge is 0.507 e. The lowest BCUT2D eigenvalue weighted by Gasteiger charge is -2.26. The molecule has 2 aromatic heterocycles. The minimum atomic E-state index is -0.417. The second-order valence-corrected chi connectivity index (χ2v) is 8.42. The van der Waals surface area contributed by atoms with Crippen molar-refractivity contribution >= 4 is 5.91 Å². The fraction of sp³-hybridized carbons (Fsp3) is 0.259. The summed E-state index contributed by atoms with van der Waals surface area (Å²) in [5, 5.41) is 17.9. The Morgan fingerprint density at radius 3 is 2.79 bits per heavy atom. The predicted octanol–water partition coefficient (Wildman–Crippen LogP) is 5.69. The van der Waals surface area contributed by atoms with Crippen LogP contribution in [0.25, 0.3) is 11.3 Å². The number of phenols is 1. The van der Waals surface area contributed by atoms with Crippen LogP contribution in [0.15, 0.2) is 71.3 Å². The number of aromatic nitrogens is 2. The molecule has 0 fully saturated rings.